The molecule has 1 unspecified atom stereocenters. The van der Waals surface area contributed by atoms with Crippen LogP contribution < -0.4 is 10.1 Å². The normalized spacial score (nSPS) is 12.5. The Kier molecular flexibility index (Phi) is 4.63. The Morgan fingerprint density at radius 1 is 1.40 bits per heavy atom. The monoisotopic (exact) mass is 207 g/mol. The standard InChI is InChI=1S/C13H21NO/c1-10-5-6-12(15-4)9-13(10)11(2)7-8-14-3/h5-6,9,11,14H,7-8H2,1-4H3. The number of nitrogens with one attached hydrogen (secondary N) is 1. The highest BCUT2D eigenvalue weighted by Gasteiger charge is 2.08. The number of benzene rings is 1. The largest absolute Gasteiger partial charge is 0.497 e. The van der Waals surface area contributed by atoms with Gasteiger partial charge in [0.2, 0.25) is 0 Å². The minimum absolute atomic E-state index is 0.576. The van der Waals surface area contributed by atoms with Gasteiger partial charge < -0.3 is 10.1 Å². The van der Waals surface area contributed by atoms with Gasteiger partial charge in [-0.05, 0) is 56.1 Å². The molecule has 2 nitrogen and oxygen atoms in total. The molecule has 15 heavy (non-hydrogen) atoms. The maximum absolute atomic E-state index is 5.25. The second-order valence-electron chi connectivity index (χ2n) is 4.02. The first-order valence-corrected chi connectivity index (χ1v) is 5.48. The fraction of sp³-hybridized carbons (Fsp3) is 0.538. The molecular weight excluding hydrogens is 186 g/mol. The molecule has 0 aliphatic carbocycles. The molecule has 0 radical (unpaired) electrons. The molecule has 0 fully saturated rings. The van der Waals surface area contributed by atoms with Crippen molar-refractivity contribution in [1.82, 2.24) is 5.32 Å². The quantitative estimate of drug-likeness (QED) is 0.801. The third-order valence-corrected chi connectivity index (χ3v) is 2.84. The molecule has 0 bridgehead atoms. The molecule has 1 N–H and O–H groups in total. The van der Waals surface area contributed by atoms with Crippen molar-refractivity contribution in [3.63, 3.8) is 0 Å². The Labute approximate surface area is 92.6 Å². The molecule has 0 aliphatic rings. The zero-order chi connectivity index (χ0) is 11.3. The van der Waals surface area contributed by atoms with E-state index in [4.69, 9.17) is 4.74 Å². The van der Waals surface area contributed by atoms with Crippen LogP contribution >= 0.6 is 0 Å². The van der Waals surface area contributed by atoms with Gasteiger partial charge in [0.05, 0.1) is 7.11 Å². The van der Waals surface area contributed by atoms with Crippen LogP contribution in [0.5, 0.6) is 5.75 Å². The third-order valence-electron chi connectivity index (χ3n) is 2.84. The first-order chi connectivity index (χ1) is 7.19. The zero-order valence-corrected chi connectivity index (χ0v) is 10.1. The second kappa shape index (κ2) is 5.76. The Hall–Kier alpha value is -1.02. The van der Waals surface area contributed by atoms with Gasteiger partial charge in [0, 0.05) is 0 Å². The molecule has 0 saturated carbocycles. The molecule has 1 atom stereocenters. The summed E-state index contributed by atoms with van der Waals surface area (Å²) in [6, 6.07) is 6.29. The van der Waals surface area contributed by atoms with Crippen LogP contribution in [0.25, 0.3) is 0 Å². The summed E-state index contributed by atoms with van der Waals surface area (Å²) in [6.45, 7) is 5.47. The van der Waals surface area contributed by atoms with Gasteiger partial charge in [-0.15, -0.1) is 0 Å². The first kappa shape index (κ1) is 12.1. The Morgan fingerprint density at radius 2 is 2.13 bits per heavy atom. The number of ether oxygens (including phenoxy) is 1. The van der Waals surface area contributed by atoms with Crippen LogP contribution in [0.2, 0.25) is 0 Å². The molecule has 0 aliphatic heterocycles. The maximum atomic E-state index is 5.25. The number of rotatable bonds is 5. The highest BCUT2D eigenvalue weighted by atomic mass is 16.5. The maximum Gasteiger partial charge on any atom is 0.119 e. The molecule has 0 amide bonds. The number of hydrogen-bond acceptors (Lipinski definition) is 2. The van der Waals surface area contributed by atoms with Crippen molar-refractivity contribution in [3.05, 3.63) is 29.3 Å². The summed E-state index contributed by atoms with van der Waals surface area (Å²) in [5.74, 6) is 1.53. The summed E-state index contributed by atoms with van der Waals surface area (Å²) in [5.41, 5.74) is 2.74. The van der Waals surface area contributed by atoms with Crippen LogP contribution in [0, 0.1) is 6.92 Å². The first-order valence-electron chi connectivity index (χ1n) is 5.48. The van der Waals surface area contributed by atoms with Gasteiger partial charge in [-0.1, -0.05) is 13.0 Å². The zero-order valence-electron chi connectivity index (χ0n) is 10.1. The minimum atomic E-state index is 0.576. The van der Waals surface area contributed by atoms with E-state index in [0.29, 0.717) is 5.92 Å². The van der Waals surface area contributed by atoms with Crippen LogP contribution in [0.3, 0.4) is 0 Å². The highest BCUT2D eigenvalue weighted by Crippen LogP contribution is 2.26. The summed E-state index contributed by atoms with van der Waals surface area (Å²) in [6.07, 6.45) is 1.16. The minimum Gasteiger partial charge on any atom is -0.497 e. The average molecular weight is 207 g/mol. The van der Waals surface area contributed by atoms with E-state index in [9.17, 15) is 0 Å². The van der Waals surface area contributed by atoms with E-state index in [1.165, 1.54) is 11.1 Å². The summed E-state index contributed by atoms with van der Waals surface area (Å²) in [7, 11) is 3.71. The third kappa shape index (κ3) is 3.24. The van der Waals surface area contributed by atoms with Crippen molar-refractivity contribution in [2.45, 2.75) is 26.2 Å². The molecular formula is C13H21NO. The number of methoxy groups -OCH3 is 1. The van der Waals surface area contributed by atoms with Crippen molar-refractivity contribution < 1.29 is 4.74 Å². The molecule has 2 heteroatoms. The summed E-state index contributed by atoms with van der Waals surface area (Å²) < 4.78 is 5.25. The second-order valence-corrected chi connectivity index (χ2v) is 4.02. The topological polar surface area (TPSA) is 21.3 Å². The van der Waals surface area contributed by atoms with Crippen molar-refractivity contribution >= 4 is 0 Å². The van der Waals surface area contributed by atoms with Crippen LogP contribution in [0.1, 0.15) is 30.4 Å². The molecule has 0 spiro atoms. The number of hydrogen-bond donors (Lipinski definition) is 1. The molecule has 0 heterocycles. The van der Waals surface area contributed by atoms with Gasteiger partial charge in [0.25, 0.3) is 0 Å². The van der Waals surface area contributed by atoms with Crippen LogP contribution in [0.15, 0.2) is 18.2 Å². The SMILES string of the molecule is CNCCC(C)c1cc(OC)ccc1C. The number of aryl methyl sites for hydroxylation is 1. The smallest absolute Gasteiger partial charge is 0.119 e. The molecule has 1 aromatic rings. The van der Waals surface area contributed by atoms with Crippen LogP contribution in [-0.2, 0) is 0 Å². The predicted octanol–water partition coefficient (Wildman–Crippen LogP) is 2.72. The lowest BCUT2D eigenvalue weighted by atomic mass is 9.93. The van der Waals surface area contributed by atoms with Gasteiger partial charge in [-0.25, -0.2) is 0 Å². The van der Waals surface area contributed by atoms with E-state index in [0.717, 1.165) is 18.7 Å². The Balaban J connectivity index is 2.81. The highest BCUT2D eigenvalue weighted by molar-refractivity contribution is 5.36. The van der Waals surface area contributed by atoms with Gasteiger partial charge >= 0.3 is 0 Å². The summed E-state index contributed by atoms with van der Waals surface area (Å²) in [4.78, 5) is 0. The van der Waals surface area contributed by atoms with Crippen LogP contribution in [0.4, 0.5) is 0 Å². The van der Waals surface area contributed by atoms with Gasteiger partial charge in [0.1, 0.15) is 5.75 Å². The summed E-state index contributed by atoms with van der Waals surface area (Å²) >= 11 is 0. The van der Waals surface area contributed by atoms with Crippen molar-refractivity contribution in [2.24, 2.45) is 0 Å². The fourth-order valence-corrected chi connectivity index (χ4v) is 1.79. The molecule has 0 aromatic heterocycles. The lowest BCUT2D eigenvalue weighted by molar-refractivity contribution is 0.413. The van der Waals surface area contributed by atoms with Crippen molar-refractivity contribution in [3.8, 4) is 5.75 Å². The average Bonchev–Trinajstić information content (AvgIpc) is 2.26. The van der Waals surface area contributed by atoms with Crippen LogP contribution in [-0.4, -0.2) is 20.7 Å². The Morgan fingerprint density at radius 3 is 2.73 bits per heavy atom. The predicted molar refractivity (Wildman–Crippen MR) is 64.7 cm³/mol. The van der Waals surface area contributed by atoms with E-state index in [1.807, 2.05) is 13.1 Å². The van der Waals surface area contributed by atoms with Gasteiger partial charge in [-0.2, -0.15) is 0 Å². The van der Waals surface area contributed by atoms with Gasteiger partial charge in [-0.3, -0.25) is 0 Å². The molecule has 0 saturated heterocycles. The Bertz CT molecular complexity index is 309. The lowest BCUT2D eigenvalue weighted by Gasteiger charge is -2.15. The van der Waals surface area contributed by atoms with Gasteiger partial charge in [0.15, 0.2) is 0 Å². The lowest BCUT2D eigenvalue weighted by Crippen LogP contribution is -2.11. The summed E-state index contributed by atoms with van der Waals surface area (Å²) in [5, 5.41) is 3.19. The van der Waals surface area contributed by atoms with E-state index in [1.54, 1.807) is 7.11 Å². The molecule has 84 valence electrons. The molecule has 1 rings (SSSR count). The van der Waals surface area contributed by atoms with E-state index in [2.05, 4.69) is 31.3 Å². The molecule has 1 aromatic carbocycles. The van der Waals surface area contributed by atoms with E-state index < -0.39 is 0 Å². The van der Waals surface area contributed by atoms with E-state index in [-0.39, 0.29) is 0 Å². The fourth-order valence-electron chi connectivity index (χ4n) is 1.79. The van der Waals surface area contributed by atoms with Crippen molar-refractivity contribution in [2.75, 3.05) is 20.7 Å². The van der Waals surface area contributed by atoms with Crippen molar-refractivity contribution in [1.29, 1.82) is 0 Å². The van der Waals surface area contributed by atoms with E-state index >= 15 is 0 Å².